The summed E-state index contributed by atoms with van der Waals surface area (Å²) in [6.45, 7) is 8.71. The van der Waals surface area contributed by atoms with Crippen LogP contribution in [0.5, 0.6) is 0 Å². The monoisotopic (exact) mass is 778 g/mol. The molecule has 0 amide bonds. The van der Waals surface area contributed by atoms with Crippen LogP contribution in [-0.2, 0) is 29.9 Å². The van der Waals surface area contributed by atoms with E-state index in [4.69, 9.17) is 15.2 Å². The maximum Gasteiger partial charge on any atom is 0.0908 e. The van der Waals surface area contributed by atoms with Crippen molar-refractivity contribution in [3.8, 4) is 0 Å². The summed E-state index contributed by atoms with van der Waals surface area (Å²) in [6.07, 6.45) is 28.0. The molecule has 0 radical (unpaired) electrons. The third kappa shape index (κ3) is 10.4. The van der Waals surface area contributed by atoms with Crippen molar-refractivity contribution >= 4 is 19.1 Å². The van der Waals surface area contributed by atoms with E-state index in [1.54, 1.807) is 0 Å². The molecule has 2 saturated carbocycles. The number of ether oxygens (including phenoxy) is 2. The fraction of sp³-hybridized carbons (Fsp3) is 0.476. The Bertz CT molecular complexity index is 1330. The number of allylic oxidation sites excluding steroid dienone is 3. The average Bonchev–Trinajstić information content (AvgIpc) is 3.07. The van der Waals surface area contributed by atoms with Crippen LogP contribution in [0.25, 0.3) is 11.1 Å². The fourth-order valence-corrected chi connectivity index (χ4v) is 12.3. The zero-order valence-corrected chi connectivity index (χ0v) is 32.6. The van der Waals surface area contributed by atoms with Gasteiger partial charge in [0.25, 0.3) is 0 Å². The summed E-state index contributed by atoms with van der Waals surface area (Å²) in [5.74, 6) is 1.01. The first-order valence-corrected chi connectivity index (χ1v) is 19.4. The first-order chi connectivity index (χ1) is 22.4. The first-order valence-electron chi connectivity index (χ1n) is 17.9. The molecule has 4 aliphatic carbocycles. The van der Waals surface area contributed by atoms with Gasteiger partial charge in [0, 0.05) is 31.8 Å². The minimum absolute atomic E-state index is 0. The Labute approximate surface area is 313 Å². The van der Waals surface area contributed by atoms with Gasteiger partial charge < -0.3 is 27.6 Å². The molecule has 0 saturated heterocycles. The minimum atomic E-state index is -0.413. The van der Waals surface area contributed by atoms with E-state index in [1.165, 1.54) is 80.9 Å². The maximum absolute atomic E-state index is 7.21. The van der Waals surface area contributed by atoms with E-state index in [9.17, 15) is 0 Å². The van der Waals surface area contributed by atoms with Crippen LogP contribution in [0.3, 0.4) is 0 Å². The van der Waals surface area contributed by atoms with Gasteiger partial charge in [-0.1, -0.05) is 95.0 Å². The molecule has 0 spiro atoms. The van der Waals surface area contributed by atoms with E-state index in [0.717, 1.165) is 35.1 Å². The molecule has 0 aliphatic heterocycles. The fourth-order valence-electron chi connectivity index (χ4n) is 7.68. The Morgan fingerprint density at radius 1 is 0.792 bits per heavy atom. The average molecular weight is 780 g/mol. The molecule has 6 rings (SSSR count). The molecular weight excluding hydrogens is 723 g/mol. The largest absolute Gasteiger partial charge is 1.00 e. The summed E-state index contributed by atoms with van der Waals surface area (Å²) in [5, 5.41) is -0.381. The standard InChI is InChI=1S/C30H44O2P.C12H12N.ClH.Pd/c1-23(2)31-28-21-14-22-30(32-24(3)4,29(28)25-15-8-5-9-16-25)33(26-17-10-6-11-18-26)27-19-12-7-13-20-27;13-12-9-5-4-8-11(12)10-6-2-1-3-7-10;;/h5,8-9,14-16,21-24,26-27H,6-7,10-13,17-20H2,1-4H3;1-8H,9,13H2;1H;/q2*-1;;/p-1. The zero-order chi connectivity index (χ0) is 32.4. The van der Waals surface area contributed by atoms with Crippen LogP contribution in [0.2, 0.25) is 0 Å². The molecule has 1 unspecified atom stereocenters. The predicted molar refractivity (Wildman–Crippen MR) is 198 cm³/mol. The van der Waals surface area contributed by atoms with Crippen LogP contribution >= 0.6 is 7.92 Å². The molecule has 2 aromatic carbocycles. The van der Waals surface area contributed by atoms with E-state index in [0.29, 0.717) is 0 Å². The second kappa shape index (κ2) is 20.2. The van der Waals surface area contributed by atoms with Gasteiger partial charge >= 0.3 is 0 Å². The molecular formula is C42H56ClNO2PPd-3. The number of nitrogens with two attached hydrogens (primary N) is 1. The number of benzene rings is 2. The van der Waals surface area contributed by atoms with Gasteiger partial charge in [0.05, 0.1) is 17.6 Å². The van der Waals surface area contributed by atoms with Crippen LogP contribution < -0.4 is 18.1 Å². The van der Waals surface area contributed by atoms with Crippen molar-refractivity contribution in [2.24, 2.45) is 5.73 Å². The molecule has 0 aromatic heterocycles. The maximum atomic E-state index is 7.21. The molecule has 266 valence electrons. The van der Waals surface area contributed by atoms with E-state index in [2.05, 4.69) is 107 Å². The van der Waals surface area contributed by atoms with E-state index < -0.39 is 7.92 Å². The third-order valence-corrected chi connectivity index (χ3v) is 13.4. The van der Waals surface area contributed by atoms with Crippen molar-refractivity contribution in [1.82, 2.24) is 0 Å². The third-order valence-electron chi connectivity index (χ3n) is 9.50. The second-order valence-corrected chi connectivity index (χ2v) is 16.7. The summed E-state index contributed by atoms with van der Waals surface area (Å²) in [6, 6.07) is 22.2. The molecule has 48 heavy (non-hydrogen) atoms. The molecule has 2 fully saturated rings. The van der Waals surface area contributed by atoms with Gasteiger partial charge in [-0.2, -0.15) is 24.1 Å². The number of hydrogen-bond donors (Lipinski definition) is 1. The summed E-state index contributed by atoms with van der Waals surface area (Å²) in [5.41, 5.74) is 12.4. The van der Waals surface area contributed by atoms with Gasteiger partial charge in [-0.15, -0.1) is 35.9 Å². The molecule has 2 aromatic rings. The smallest absolute Gasteiger partial charge is 0.0908 e. The Morgan fingerprint density at radius 2 is 1.33 bits per heavy atom. The number of rotatable bonds is 9. The Hall–Kier alpha value is -1.76. The quantitative estimate of drug-likeness (QED) is 0.158. The molecule has 0 heterocycles. The minimum Gasteiger partial charge on any atom is -1.00 e. The number of hydrogen-bond acceptors (Lipinski definition) is 3. The van der Waals surface area contributed by atoms with Gasteiger partial charge in [0.2, 0.25) is 0 Å². The van der Waals surface area contributed by atoms with Gasteiger partial charge in [0.15, 0.2) is 0 Å². The van der Waals surface area contributed by atoms with Crippen molar-refractivity contribution in [3.63, 3.8) is 0 Å². The molecule has 6 heteroatoms. The topological polar surface area (TPSA) is 44.5 Å². The van der Waals surface area contributed by atoms with E-state index >= 15 is 0 Å². The summed E-state index contributed by atoms with van der Waals surface area (Å²) < 4.78 is 13.7. The van der Waals surface area contributed by atoms with E-state index in [1.807, 2.05) is 18.2 Å². The van der Waals surface area contributed by atoms with Crippen molar-refractivity contribution in [2.75, 3.05) is 0 Å². The van der Waals surface area contributed by atoms with Gasteiger partial charge in [-0.3, -0.25) is 0 Å². The van der Waals surface area contributed by atoms with Crippen LogP contribution in [0.4, 0.5) is 0 Å². The van der Waals surface area contributed by atoms with Crippen LogP contribution in [0.1, 0.15) is 109 Å². The van der Waals surface area contributed by atoms with Crippen LogP contribution in [-0.4, -0.2) is 28.9 Å². The second-order valence-electron chi connectivity index (χ2n) is 13.8. The molecule has 2 N–H and O–H groups in total. The van der Waals surface area contributed by atoms with Crippen molar-refractivity contribution < 1.29 is 42.3 Å². The normalized spacial score (nSPS) is 21.6. The SMILES string of the molecule is CC(C)OC1=C(c2ccccc2)C(OC(C)C)(P(C2CCCCC2)C2CCCCC2)[CH-]C=C1.N[C-]1CC=CC=C1c1ccccc1.[Cl-].[Pd]. The van der Waals surface area contributed by atoms with Gasteiger partial charge in [-0.05, 0) is 76.7 Å². The van der Waals surface area contributed by atoms with E-state index in [-0.39, 0.29) is 50.4 Å². The van der Waals surface area contributed by atoms with Crippen molar-refractivity contribution in [3.05, 3.63) is 120 Å². The predicted octanol–water partition coefficient (Wildman–Crippen LogP) is 8.39. The molecule has 0 bridgehead atoms. The molecule has 1 atom stereocenters. The van der Waals surface area contributed by atoms with Crippen molar-refractivity contribution in [1.29, 1.82) is 0 Å². The summed E-state index contributed by atoms with van der Waals surface area (Å²) in [4.78, 5) is 0. The zero-order valence-electron chi connectivity index (χ0n) is 29.4. The van der Waals surface area contributed by atoms with Crippen LogP contribution in [0.15, 0.2) is 96.8 Å². The van der Waals surface area contributed by atoms with Gasteiger partial charge in [0.1, 0.15) is 0 Å². The Balaban J connectivity index is 0.000000350. The Morgan fingerprint density at radius 3 is 1.83 bits per heavy atom. The summed E-state index contributed by atoms with van der Waals surface area (Å²) in [7, 11) is -0.413. The molecule has 3 nitrogen and oxygen atoms in total. The summed E-state index contributed by atoms with van der Waals surface area (Å²) >= 11 is 0. The van der Waals surface area contributed by atoms with Gasteiger partial charge in [-0.25, -0.2) is 6.08 Å². The first kappa shape index (κ1) is 40.7. The van der Waals surface area contributed by atoms with Crippen molar-refractivity contribution in [2.45, 2.75) is 127 Å². The molecule has 4 aliphatic rings. The number of halogens is 1. The Kier molecular flexibility index (Phi) is 17.1. The van der Waals surface area contributed by atoms with Crippen LogP contribution in [0, 0.1) is 12.5 Å².